The Bertz CT molecular complexity index is 283. The lowest BCUT2D eigenvalue weighted by molar-refractivity contribution is -0.131. The summed E-state index contributed by atoms with van der Waals surface area (Å²) in [5.74, 6) is 0.309. The van der Waals surface area contributed by atoms with Crippen molar-refractivity contribution in [2.45, 2.75) is 57.5 Å². The fourth-order valence-corrected chi connectivity index (χ4v) is 3.15. The fourth-order valence-electron chi connectivity index (χ4n) is 3.15. The summed E-state index contributed by atoms with van der Waals surface area (Å²) >= 11 is 0. The maximum Gasteiger partial charge on any atom is 0.236 e. The maximum absolute atomic E-state index is 12.1. The first-order chi connectivity index (χ1) is 9.16. The minimum atomic E-state index is 0.309. The first kappa shape index (κ1) is 14.8. The van der Waals surface area contributed by atoms with Crippen LogP contribution in [-0.2, 0) is 4.79 Å². The highest BCUT2D eigenvalue weighted by Crippen LogP contribution is 2.15. The van der Waals surface area contributed by atoms with Crippen molar-refractivity contribution in [1.29, 1.82) is 0 Å². The quantitative estimate of drug-likeness (QED) is 0.819. The van der Waals surface area contributed by atoms with E-state index in [1.54, 1.807) is 0 Å². The van der Waals surface area contributed by atoms with E-state index in [1.165, 1.54) is 32.1 Å². The van der Waals surface area contributed by atoms with Gasteiger partial charge in [-0.25, -0.2) is 0 Å². The Morgan fingerprint density at radius 1 is 1.32 bits per heavy atom. The number of rotatable bonds is 5. The average molecular weight is 267 g/mol. The van der Waals surface area contributed by atoms with Gasteiger partial charge in [0.2, 0.25) is 5.91 Å². The second-order valence-electron chi connectivity index (χ2n) is 6.23. The van der Waals surface area contributed by atoms with Gasteiger partial charge < -0.3 is 10.2 Å². The average Bonchev–Trinajstić information content (AvgIpc) is 2.93. The summed E-state index contributed by atoms with van der Waals surface area (Å²) in [6.45, 7) is 5.91. The predicted molar refractivity (Wildman–Crippen MR) is 78.2 cm³/mol. The Labute approximate surface area is 117 Å². The van der Waals surface area contributed by atoms with E-state index in [4.69, 9.17) is 0 Å². The maximum atomic E-state index is 12.1. The van der Waals surface area contributed by atoms with E-state index in [1.807, 2.05) is 4.90 Å². The number of amides is 1. The van der Waals surface area contributed by atoms with E-state index in [-0.39, 0.29) is 0 Å². The van der Waals surface area contributed by atoms with E-state index in [0.717, 1.165) is 26.1 Å². The summed E-state index contributed by atoms with van der Waals surface area (Å²) in [6, 6.07) is 1.12. The topological polar surface area (TPSA) is 35.6 Å². The second-order valence-corrected chi connectivity index (χ2v) is 6.23. The van der Waals surface area contributed by atoms with E-state index in [2.05, 4.69) is 24.2 Å². The van der Waals surface area contributed by atoms with E-state index in [0.29, 0.717) is 24.5 Å². The number of nitrogens with one attached hydrogen (secondary N) is 1. The molecule has 0 spiro atoms. The van der Waals surface area contributed by atoms with E-state index in [9.17, 15) is 4.79 Å². The molecular weight excluding hydrogens is 238 g/mol. The molecule has 110 valence electrons. The zero-order chi connectivity index (χ0) is 13.7. The number of hydrogen-bond donors (Lipinski definition) is 1. The van der Waals surface area contributed by atoms with Gasteiger partial charge >= 0.3 is 0 Å². The van der Waals surface area contributed by atoms with Crippen molar-refractivity contribution < 1.29 is 4.79 Å². The summed E-state index contributed by atoms with van der Waals surface area (Å²) in [5, 5.41) is 3.59. The number of likely N-dealkylation sites (N-methyl/N-ethyl adjacent to an activating group) is 1. The molecule has 2 heterocycles. The SMILES string of the molecule is CC(CC1CCCCN1)N(C)CC(=O)N1CCCC1. The lowest BCUT2D eigenvalue weighted by Gasteiger charge is -2.31. The molecule has 4 heteroatoms. The Balaban J connectivity index is 1.71. The summed E-state index contributed by atoms with van der Waals surface area (Å²) in [7, 11) is 2.08. The number of likely N-dealkylation sites (tertiary alicyclic amines) is 1. The van der Waals surface area contributed by atoms with Crippen LogP contribution in [0.2, 0.25) is 0 Å². The van der Waals surface area contributed by atoms with Crippen molar-refractivity contribution in [3.63, 3.8) is 0 Å². The predicted octanol–water partition coefficient (Wildman–Crippen LogP) is 1.46. The van der Waals surface area contributed by atoms with Crippen LogP contribution in [0.5, 0.6) is 0 Å². The zero-order valence-electron chi connectivity index (χ0n) is 12.5. The summed E-state index contributed by atoms with van der Waals surface area (Å²) in [4.78, 5) is 16.4. The van der Waals surface area contributed by atoms with Crippen molar-refractivity contribution >= 4 is 5.91 Å². The largest absolute Gasteiger partial charge is 0.342 e. The van der Waals surface area contributed by atoms with Gasteiger partial charge in [-0.05, 0) is 52.6 Å². The third kappa shape index (κ3) is 4.46. The minimum absolute atomic E-state index is 0.309. The molecule has 0 aromatic rings. The van der Waals surface area contributed by atoms with Crippen LogP contribution in [0.1, 0.15) is 45.4 Å². The lowest BCUT2D eigenvalue weighted by Crippen LogP contribution is -2.44. The second kappa shape index (κ2) is 7.25. The van der Waals surface area contributed by atoms with Gasteiger partial charge in [0.25, 0.3) is 0 Å². The molecule has 2 rings (SSSR count). The van der Waals surface area contributed by atoms with Gasteiger partial charge in [-0.2, -0.15) is 0 Å². The minimum Gasteiger partial charge on any atom is -0.342 e. The molecule has 2 fully saturated rings. The van der Waals surface area contributed by atoms with Crippen LogP contribution in [0.25, 0.3) is 0 Å². The highest BCUT2D eigenvalue weighted by Gasteiger charge is 2.23. The third-order valence-electron chi connectivity index (χ3n) is 4.63. The standard InChI is InChI=1S/C15H29N3O/c1-13(11-14-7-3-4-8-16-14)17(2)12-15(19)18-9-5-6-10-18/h13-14,16H,3-12H2,1-2H3. The van der Waals surface area contributed by atoms with Crippen LogP contribution >= 0.6 is 0 Å². The lowest BCUT2D eigenvalue weighted by atomic mass is 9.98. The van der Waals surface area contributed by atoms with Gasteiger partial charge in [-0.3, -0.25) is 9.69 Å². The number of carbonyl (C=O) groups excluding carboxylic acids is 1. The van der Waals surface area contributed by atoms with Gasteiger partial charge in [0.05, 0.1) is 6.54 Å². The Morgan fingerprint density at radius 3 is 2.68 bits per heavy atom. The highest BCUT2D eigenvalue weighted by molar-refractivity contribution is 5.78. The molecule has 0 radical (unpaired) electrons. The van der Waals surface area contributed by atoms with Gasteiger partial charge in [0.15, 0.2) is 0 Å². The van der Waals surface area contributed by atoms with Gasteiger partial charge in [-0.15, -0.1) is 0 Å². The van der Waals surface area contributed by atoms with Crippen molar-refractivity contribution in [3.8, 4) is 0 Å². The number of nitrogens with zero attached hydrogens (tertiary/aromatic N) is 2. The van der Waals surface area contributed by atoms with Crippen molar-refractivity contribution in [2.24, 2.45) is 0 Å². The molecule has 19 heavy (non-hydrogen) atoms. The van der Waals surface area contributed by atoms with Gasteiger partial charge in [0.1, 0.15) is 0 Å². The molecule has 2 atom stereocenters. The molecule has 2 aliphatic heterocycles. The molecule has 0 saturated carbocycles. The molecule has 2 aliphatic rings. The molecule has 0 bridgehead atoms. The zero-order valence-corrected chi connectivity index (χ0v) is 12.5. The molecule has 0 aromatic heterocycles. The smallest absolute Gasteiger partial charge is 0.236 e. The molecule has 1 N–H and O–H groups in total. The number of carbonyl (C=O) groups is 1. The van der Waals surface area contributed by atoms with Crippen LogP contribution in [-0.4, -0.2) is 61.0 Å². The number of hydrogen-bond acceptors (Lipinski definition) is 3. The van der Waals surface area contributed by atoms with Crippen LogP contribution in [0.4, 0.5) is 0 Å². The molecule has 2 saturated heterocycles. The van der Waals surface area contributed by atoms with E-state index >= 15 is 0 Å². The molecule has 0 aromatic carbocycles. The Morgan fingerprint density at radius 2 is 2.05 bits per heavy atom. The summed E-state index contributed by atoms with van der Waals surface area (Å²) < 4.78 is 0. The first-order valence-corrected chi connectivity index (χ1v) is 7.88. The third-order valence-corrected chi connectivity index (χ3v) is 4.63. The normalized spacial score (nSPS) is 25.8. The first-order valence-electron chi connectivity index (χ1n) is 7.88. The van der Waals surface area contributed by atoms with Crippen molar-refractivity contribution in [2.75, 3.05) is 33.2 Å². The fraction of sp³-hybridized carbons (Fsp3) is 0.933. The molecular formula is C15H29N3O. The molecule has 4 nitrogen and oxygen atoms in total. The van der Waals surface area contributed by atoms with Gasteiger partial charge in [0, 0.05) is 25.2 Å². The summed E-state index contributed by atoms with van der Waals surface area (Å²) in [5.41, 5.74) is 0. The number of piperidine rings is 1. The monoisotopic (exact) mass is 267 g/mol. The Hall–Kier alpha value is -0.610. The Kier molecular flexibility index (Phi) is 5.64. The van der Waals surface area contributed by atoms with Crippen LogP contribution < -0.4 is 5.32 Å². The molecule has 1 amide bonds. The van der Waals surface area contributed by atoms with Crippen LogP contribution in [0.3, 0.4) is 0 Å². The van der Waals surface area contributed by atoms with Gasteiger partial charge in [-0.1, -0.05) is 6.42 Å². The van der Waals surface area contributed by atoms with Crippen molar-refractivity contribution in [1.82, 2.24) is 15.1 Å². The molecule has 2 unspecified atom stereocenters. The van der Waals surface area contributed by atoms with Crippen LogP contribution in [0.15, 0.2) is 0 Å². The summed E-state index contributed by atoms with van der Waals surface area (Å²) in [6.07, 6.45) is 7.46. The van der Waals surface area contributed by atoms with Crippen molar-refractivity contribution in [3.05, 3.63) is 0 Å². The van der Waals surface area contributed by atoms with Crippen LogP contribution in [0, 0.1) is 0 Å². The van der Waals surface area contributed by atoms with E-state index < -0.39 is 0 Å². The highest BCUT2D eigenvalue weighted by atomic mass is 16.2. The molecule has 0 aliphatic carbocycles.